The summed E-state index contributed by atoms with van der Waals surface area (Å²) in [4.78, 5) is 14.7. The first-order valence-electron chi connectivity index (χ1n) is 7.13. The SMILES string of the molecule is O=C(c1ccc(O)cc1)c1ccc(N2CCNCC2)cc1. The molecule has 3 rings (SSSR count). The Morgan fingerprint density at radius 2 is 1.43 bits per heavy atom. The van der Waals surface area contributed by atoms with Gasteiger partial charge in [0.15, 0.2) is 5.78 Å². The molecule has 4 nitrogen and oxygen atoms in total. The molecule has 1 heterocycles. The molecule has 0 saturated carbocycles. The van der Waals surface area contributed by atoms with Gasteiger partial charge in [-0.15, -0.1) is 0 Å². The first-order valence-corrected chi connectivity index (χ1v) is 7.13. The number of nitrogens with zero attached hydrogens (tertiary/aromatic N) is 1. The fourth-order valence-corrected chi connectivity index (χ4v) is 2.53. The lowest BCUT2D eigenvalue weighted by Gasteiger charge is -2.29. The van der Waals surface area contributed by atoms with Crippen LogP contribution in [0.3, 0.4) is 0 Å². The van der Waals surface area contributed by atoms with Crippen LogP contribution in [0.15, 0.2) is 48.5 Å². The van der Waals surface area contributed by atoms with E-state index in [1.165, 1.54) is 12.1 Å². The number of ketones is 1. The molecule has 0 amide bonds. The van der Waals surface area contributed by atoms with Crippen molar-refractivity contribution in [2.45, 2.75) is 0 Å². The summed E-state index contributed by atoms with van der Waals surface area (Å²) in [6.45, 7) is 3.97. The number of nitrogens with one attached hydrogen (secondary N) is 1. The van der Waals surface area contributed by atoms with Crippen molar-refractivity contribution in [3.63, 3.8) is 0 Å². The van der Waals surface area contributed by atoms with E-state index in [9.17, 15) is 9.90 Å². The van der Waals surface area contributed by atoms with Crippen molar-refractivity contribution in [3.8, 4) is 5.75 Å². The van der Waals surface area contributed by atoms with Gasteiger partial charge in [0.05, 0.1) is 0 Å². The normalized spacial score (nSPS) is 15.0. The second kappa shape index (κ2) is 5.97. The summed E-state index contributed by atoms with van der Waals surface area (Å²) in [6.07, 6.45) is 0. The predicted molar refractivity (Wildman–Crippen MR) is 83.1 cm³/mol. The van der Waals surface area contributed by atoms with Gasteiger partial charge in [-0.3, -0.25) is 4.79 Å². The number of carbonyl (C=O) groups is 1. The summed E-state index contributed by atoms with van der Waals surface area (Å²) < 4.78 is 0. The van der Waals surface area contributed by atoms with Gasteiger partial charge in [0.1, 0.15) is 5.75 Å². The van der Waals surface area contributed by atoms with E-state index in [-0.39, 0.29) is 11.5 Å². The van der Waals surface area contributed by atoms with Crippen molar-refractivity contribution < 1.29 is 9.90 Å². The minimum atomic E-state index is -0.0261. The van der Waals surface area contributed by atoms with Crippen LogP contribution in [0.1, 0.15) is 15.9 Å². The number of rotatable bonds is 3. The number of piperazine rings is 1. The number of carbonyl (C=O) groups excluding carboxylic acids is 1. The molecule has 21 heavy (non-hydrogen) atoms. The topological polar surface area (TPSA) is 52.6 Å². The molecule has 1 aliphatic rings. The smallest absolute Gasteiger partial charge is 0.193 e. The highest BCUT2D eigenvalue weighted by Crippen LogP contribution is 2.19. The van der Waals surface area contributed by atoms with Gasteiger partial charge >= 0.3 is 0 Å². The van der Waals surface area contributed by atoms with Gasteiger partial charge in [0, 0.05) is 43.0 Å². The molecule has 1 aliphatic heterocycles. The maximum Gasteiger partial charge on any atom is 0.193 e. The van der Waals surface area contributed by atoms with Crippen LogP contribution in [-0.4, -0.2) is 37.1 Å². The molecule has 0 unspecified atom stereocenters. The third-order valence-electron chi connectivity index (χ3n) is 3.74. The van der Waals surface area contributed by atoms with Crippen molar-refractivity contribution in [2.75, 3.05) is 31.1 Å². The Hall–Kier alpha value is -2.33. The zero-order valence-corrected chi connectivity index (χ0v) is 11.7. The average Bonchev–Trinajstić information content (AvgIpc) is 2.56. The monoisotopic (exact) mass is 282 g/mol. The molecule has 2 aromatic carbocycles. The molecule has 0 atom stereocenters. The fraction of sp³-hybridized carbons (Fsp3) is 0.235. The highest BCUT2D eigenvalue weighted by molar-refractivity contribution is 6.09. The average molecular weight is 282 g/mol. The maximum absolute atomic E-state index is 12.3. The fourth-order valence-electron chi connectivity index (χ4n) is 2.53. The Morgan fingerprint density at radius 1 is 0.905 bits per heavy atom. The number of hydrogen-bond acceptors (Lipinski definition) is 4. The van der Waals surface area contributed by atoms with Gasteiger partial charge in [0.2, 0.25) is 0 Å². The van der Waals surface area contributed by atoms with Crippen LogP contribution < -0.4 is 10.2 Å². The quantitative estimate of drug-likeness (QED) is 0.846. The Kier molecular flexibility index (Phi) is 3.88. The lowest BCUT2D eigenvalue weighted by Crippen LogP contribution is -2.43. The van der Waals surface area contributed by atoms with Crippen LogP contribution in [0.5, 0.6) is 5.75 Å². The van der Waals surface area contributed by atoms with Crippen LogP contribution in [0.2, 0.25) is 0 Å². The highest BCUT2D eigenvalue weighted by Gasteiger charge is 2.12. The maximum atomic E-state index is 12.3. The van der Waals surface area contributed by atoms with E-state index in [1.54, 1.807) is 12.1 Å². The van der Waals surface area contributed by atoms with Crippen molar-refractivity contribution in [1.29, 1.82) is 0 Å². The van der Waals surface area contributed by atoms with E-state index in [2.05, 4.69) is 10.2 Å². The van der Waals surface area contributed by atoms with Crippen molar-refractivity contribution in [2.24, 2.45) is 0 Å². The third-order valence-corrected chi connectivity index (χ3v) is 3.74. The van der Waals surface area contributed by atoms with Gasteiger partial charge in [-0.1, -0.05) is 0 Å². The Morgan fingerprint density at radius 3 is 2.00 bits per heavy atom. The zero-order valence-electron chi connectivity index (χ0n) is 11.7. The van der Waals surface area contributed by atoms with Crippen molar-refractivity contribution in [1.82, 2.24) is 5.32 Å². The van der Waals surface area contributed by atoms with Gasteiger partial charge in [-0.05, 0) is 48.5 Å². The summed E-state index contributed by atoms with van der Waals surface area (Å²) >= 11 is 0. The molecule has 1 fully saturated rings. The van der Waals surface area contributed by atoms with E-state index in [1.807, 2.05) is 24.3 Å². The van der Waals surface area contributed by atoms with Crippen LogP contribution in [0.4, 0.5) is 5.69 Å². The minimum absolute atomic E-state index is 0.0261. The van der Waals surface area contributed by atoms with Crippen LogP contribution in [0.25, 0.3) is 0 Å². The zero-order chi connectivity index (χ0) is 14.7. The Labute approximate surface area is 124 Å². The summed E-state index contributed by atoms with van der Waals surface area (Å²) in [5, 5.41) is 12.6. The number of aromatic hydroxyl groups is 1. The Bertz CT molecular complexity index is 614. The number of anilines is 1. The lowest BCUT2D eigenvalue weighted by molar-refractivity contribution is 0.103. The second-order valence-corrected chi connectivity index (χ2v) is 5.16. The molecule has 2 aromatic rings. The highest BCUT2D eigenvalue weighted by atomic mass is 16.3. The van der Waals surface area contributed by atoms with E-state index < -0.39 is 0 Å². The molecular formula is C17H18N2O2. The molecule has 0 bridgehead atoms. The summed E-state index contributed by atoms with van der Waals surface area (Å²) in [7, 11) is 0. The summed E-state index contributed by atoms with van der Waals surface area (Å²) in [6, 6.07) is 14.1. The molecule has 0 aliphatic carbocycles. The van der Waals surface area contributed by atoms with E-state index in [4.69, 9.17) is 0 Å². The van der Waals surface area contributed by atoms with Crippen molar-refractivity contribution in [3.05, 3.63) is 59.7 Å². The summed E-state index contributed by atoms with van der Waals surface area (Å²) in [5.74, 6) is 0.141. The van der Waals surface area contributed by atoms with Gasteiger partial charge in [0.25, 0.3) is 0 Å². The van der Waals surface area contributed by atoms with Gasteiger partial charge < -0.3 is 15.3 Å². The first kappa shape index (κ1) is 13.6. The minimum Gasteiger partial charge on any atom is -0.508 e. The Balaban J connectivity index is 1.77. The van der Waals surface area contributed by atoms with Crippen LogP contribution in [-0.2, 0) is 0 Å². The third kappa shape index (κ3) is 3.06. The molecule has 4 heteroatoms. The second-order valence-electron chi connectivity index (χ2n) is 5.16. The lowest BCUT2D eigenvalue weighted by atomic mass is 10.0. The largest absolute Gasteiger partial charge is 0.508 e. The van der Waals surface area contributed by atoms with Crippen LogP contribution in [0, 0.1) is 0 Å². The summed E-state index contributed by atoms with van der Waals surface area (Å²) in [5.41, 5.74) is 2.40. The van der Waals surface area contributed by atoms with Gasteiger partial charge in [-0.2, -0.15) is 0 Å². The molecule has 2 N–H and O–H groups in total. The molecular weight excluding hydrogens is 264 g/mol. The van der Waals surface area contributed by atoms with Crippen LogP contribution >= 0.6 is 0 Å². The standard InChI is InChI=1S/C17H18N2O2/c20-16-7-3-14(4-8-16)17(21)13-1-5-15(6-2-13)19-11-9-18-10-12-19/h1-8,18,20H,9-12H2. The van der Waals surface area contributed by atoms with E-state index in [0.717, 1.165) is 31.9 Å². The van der Waals surface area contributed by atoms with E-state index in [0.29, 0.717) is 11.1 Å². The number of hydrogen-bond donors (Lipinski definition) is 2. The molecule has 1 saturated heterocycles. The molecule has 108 valence electrons. The molecule has 0 aromatic heterocycles. The number of benzene rings is 2. The number of phenols is 1. The first-order chi connectivity index (χ1) is 10.2. The predicted octanol–water partition coefficient (Wildman–Crippen LogP) is 2.03. The van der Waals surface area contributed by atoms with Crippen molar-refractivity contribution >= 4 is 11.5 Å². The van der Waals surface area contributed by atoms with Gasteiger partial charge in [-0.25, -0.2) is 0 Å². The number of phenolic OH excluding ortho intramolecular Hbond substituents is 1. The molecule has 0 radical (unpaired) electrons. The van der Waals surface area contributed by atoms with E-state index >= 15 is 0 Å². The molecule has 0 spiro atoms.